The van der Waals surface area contributed by atoms with Crippen LogP contribution in [0.2, 0.25) is 0 Å². The van der Waals surface area contributed by atoms with Crippen molar-refractivity contribution in [3.05, 3.63) is 95.6 Å². The lowest BCUT2D eigenvalue weighted by Crippen LogP contribution is -2.35. The number of hydrogen-bond donors (Lipinski definition) is 1. The van der Waals surface area contributed by atoms with E-state index in [4.69, 9.17) is 0 Å². The number of alkyl halides is 3. The maximum absolute atomic E-state index is 13.8. The lowest BCUT2D eigenvalue weighted by molar-refractivity contribution is -0.274. The molecule has 1 N–H and O–H groups in total. The van der Waals surface area contributed by atoms with Gasteiger partial charge in [-0.05, 0) is 66.3 Å². The number of carbonyl (C=O) groups excluding carboxylic acids is 2. The molecule has 1 fully saturated rings. The number of ether oxygens (including phenoxy) is 1. The maximum Gasteiger partial charge on any atom is 0.573 e. The molecule has 0 bridgehead atoms. The number of benzene rings is 3. The first-order chi connectivity index (χ1) is 20.5. The number of nitrogens with one attached hydrogen (secondary N) is 1. The summed E-state index contributed by atoms with van der Waals surface area (Å²) >= 11 is 0. The lowest BCUT2D eigenvalue weighted by atomic mass is 9.86. The monoisotopic (exact) mass is 631 g/mol. The third kappa shape index (κ3) is 8.17. The van der Waals surface area contributed by atoms with E-state index in [0.717, 1.165) is 11.1 Å². The average Bonchev–Trinajstić information content (AvgIpc) is 3.18. The van der Waals surface area contributed by atoms with Gasteiger partial charge in [0.25, 0.3) is 10.0 Å². The quantitative estimate of drug-likeness (QED) is 0.315. The smallest absolute Gasteiger partial charge is 0.406 e. The molecule has 0 spiro atoms. The molecule has 0 aromatic heterocycles. The SMILES string of the molecule is CN1C(c2ccc(C(C)(C)C)cc2)N(CCc2ccc(OC(F)(F)F)cc2)C(=O)[C@@H]1CCC(=O)NS(=O)(=O)c1ccccc1. The van der Waals surface area contributed by atoms with E-state index in [0.29, 0.717) is 12.0 Å². The molecule has 1 aliphatic heterocycles. The fourth-order valence-electron chi connectivity index (χ4n) is 5.24. The molecule has 0 saturated carbocycles. The van der Waals surface area contributed by atoms with E-state index in [1.807, 2.05) is 29.2 Å². The van der Waals surface area contributed by atoms with Gasteiger partial charge in [0.05, 0.1) is 10.9 Å². The number of nitrogens with zero attached hydrogens (tertiary/aromatic N) is 2. The van der Waals surface area contributed by atoms with Crippen molar-refractivity contribution in [2.24, 2.45) is 0 Å². The number of halogens is 3. The summed E-state index contributed by atoms with van der Waals surface area (Å²) < 4.78 is 68.8. The highest BCUT2D eigenvalue weighted by molar-refractivity contribution is 7.90. The Labute approximate surface area is 255 Å². The summed E-state index contributed by atoms with van der Waals surface area (Å²) in [5.74, 6) is -1.28. The number of likely N-dealkylation sites (N-methyl/N-ethyl adjacent to an activating group) is 1. The second kappa shape index (κ2) is 13.0. The van der Waals surface area contributed by atoms with E-state index in [-0.39, 0.29) is 41.4 Å². The molecule has 236 valence electrons. The van der Waals surface area contributed by atoms with E-state index < -0.39 is 34.5 Å². The summed E-state index contributed by atoms with van der Waals surface area (Å²) in [5, 5.41) is 0. The van der Waals surface area contributed by atoms with Crippen LogP contribution in [-0.2, 0) is 31.4 Å². The second-order valence-corrected chi connectivity index (χ2v) is 13.5. The van der Waals surface area contributed by atoms with Crippen molar-refractivity contribution in [3.8, 4) is 5.75 Å². The van der Waals surface area contributed by atoms with E-state index >= 15 is 0 Å². The van der Waals surface area contributed by atoms with Crippen LogP contribution in [0.25, 0.3) is 0 Å². The Balaban J connectivity index is 1.51. The molecule has 1 heterocycles. The van der Waals surface area contributed by atoms with E-state index in [2.05, 4.69) is 30.2 Å². The van der Waals surface area contributed by atoms with E-state index in [1.54, 1.807) is 30.1 Å². The molecule has 3 aromatic rings. The number of carbonyl (C=O) groups is 2. The lowest BCUT2D eigenvalue weighted by Gasteiger charge is -2.30. The van der Waals surface area contributed by atoms with Crippen molar-refractivity contribution in [1.29, 1.82) is 0 Å². The number of sulfonamides is 1. The minimum Gasteiger partial charge on any atom is -0.406 e. The number of rotatable bonds is 10. The van der Waals surface area contributed by atoms with E-state index in [9.17, 15) is 31.2 Å². The summed E-state index contributed by atoms with van der Waals surface area (Å²) in [5.41, 5.74) is 2.62. The van der Waals surface area contributed by atoms with Gasteiger partial charge < -0.3 is 9.64 Å². The van der Waals surface area contributed by atoms with Gasteiger partial charge in [0.1, 0.15) is 11.9 Å². The van der Waals surface area contributed by atoms with Crippen LogP contribution in [0.3, 0.4) is 0 Å². The van der Waals surface area contributed by atoms with Crippen LogP contribution in [0.4, 0.5) is 13.2 Å². The molecule has 2 atom stereocenters. The van der Waals surface area contributed by atoms with Crippen molar-refractivity contribution in [2.75, 3.05) is 13.6 Å². The fourth-order valence-corrected chi connectivity index (χ4v) is 6.28. The van der Waals surface area contributed by atoms with Crippen LogP contribution in [0.15, 0.2) is 83.8 Å². The van der Waals surface area contributed by atoms with Crippen LogP contribution in [0.5, 0.6) is 5.75 Å². The summed E-state index contributed by atoms with van der Waals surface area (Å²) in [4.78, 5) is 30.0. The molecule has 0 aliphatic carbocycles. The highest BCUT2D eigenvalue weighted by Gasteiger charge is 2.44. The van der Waals surface area contributed by atoms with Gasteiger partial charge in [0, 0.05) is 13.0 Å². The van der Waals surface area contributed by atoms with Gasteiger partial charge in [-0.3, -0.25) is 14.5 Å². The first-order valence-electron chi connectivity index (χ1n) is 14.1. The Kier molecular flexibility index (Phi) is 9.74. The molecule has 1 unspecified atom stereocenters. The van der Waals surface area contributed by atoms with Gasteiger partial charge in [-0.15, -0.1) is 13.2 Å². The van der Waals surface area contributed by atoms with Gasteiger partial charge in [0.15, 0.2) is 0 Å². The average molecular weight is 632 g/mol. The summed E-state index contributed by atoms with van der Waals surface area (Å²) in [6.07, 6.45) is -5.00. The zero-order valence-electron chi connectivity index (χ0n) is 25.0. The molecular weight excluding hydrogens is 595 g/mol. The Hall–Kier alpha value is -3.90. The van der Waals surface area contributed by atoms with Crippen LogP contribution in [0, 0.1) is 0 Å². The predicted molar refractivity (Wildman–Crippen MR) is 159 cm³/mol. The summed E-state index contributed by atoms with van der Waals surface area (Å²) in [6, 6.07) is 20.3. The maximum atomic E-state index is 13.8. The Morgan fingerprint density at radius 2 is 1.55 bits per heavy atom. The molecule has 1 aliphatic rings. The van der Waals surface area contributed by atoms with Crippen LogP contribution < -0.4 is 9.46 Å². The third-order valence-electron chi connectivity index (χ3n) is 7.56. The zero-order chi connectivity index (χ0) is 32.3. The van der Waals surface area contributed by atoms with Crippen molar-refractivity contribution in [1.82, 2.24) is 14.5 Å². The number of hydrogen-bond acceptors (Lipinski definition) is 6. The van der Waals surface area contributed by atoms with Gasteiger partial charge in [-0.2, -0.15) is 0 Å². The topological polar surface area (TPSA) is 96.0 Å². The van der Waals surface area contributed by atoms with E-state index in [1.165, 1.54) is 36.4 Å². The molecule has 12 heteroatoms. The van der Waals surface area contributed by atoms with Gasteiger partial charge in [-0.1, -0.05) is 75.4 Å². The standard InChI is InChI=1S/C32H36F3N3O5S/c1-31(2,3)24-14-12-23(13-15-24)29-37(4)27(18-19-28(39)36-44(41,42)26-8-6-5-7-9-26)30(40)38(29)21-20-22-10-16-25(17-11-22)43-32(33,34)35/h5-17,27,29H,18-21H2,1-4H3,(H,36,39)/t27-,29?/m0/s1. The minimum absolute atomic E-state index is 0.0367. The molecule has 3 aromatic carbocycles. The van der Waals surface area contributed by atoms with Crippen LogP contribution in [-0.4, -0.2) is 56.0 Å². The molecule has 2 amide bonds. The second-order valence-electron chi connectivity index (χ2n) is 11.8. The minimum atomic E-state index is -4.79. The Bertz CT molecular complexity index is 1560. The van der Waals surface area contributed by atoms with Crippen molar-refractivity contribution < 1.29 is 35.9 Å². The van der Waals surface area contributed by atoms with Crippen LogP contribution in [0.1, 0.15) is 56.5 Å². The van der Waals surface area contributed by atoms with Gasteiger partial charge in [0.2, 0.25) is 11.8 Å². The third-order valence-corrected chi connectivity index (χ3v) is 8.95. The molecule has 44 heavy (non-hydrogen) atoms. The highest BCUT2D eigenvalue weighted by Crippen LogP contribution is 2.36. The largest absolute Gasteiger partial charge is 0.573 e. The first kappa shape index (κ1) is 33.0. The van der Waals surface area contributed by atoms with Gasteiger partial charge >= 0.3 is 6.36 Å². The van der Waals surface area contributed by atoms with Crippen molar-refractivity contribution in [3.63, 3.8) is 0 Å². The predicted octanol–water partition coefficient (Wildman–Crippen LogP) is 5.55. The van der Waals surface area contributed by atoms with Gasteiger partial charge in [-0.25, -0.2) is 13.1 Å². The molecule has 1 saturated heterocycles. The summed E-state index contributed by atoms with van der Waals surface area (Å²) in [7, 11) is -2.26. The zero-order valence-corrected chi connectivity index (χ0v) is 25.8. The fraction of sp³-hybridized carbons (Fsp3) is 0.375. The van der Waals surface area contributed by atoms with Crippen molar-refractivity contribution in [2.45, 2.75) is 68.9 Å². The first-order valence-corrected chi connectivity index (χ1v) is 15.6. The molecule has 4 rings (SSSR count). The summed E-state index contributed by atoms with van der Waals surface area (Å²) in [6.45, 7) is 6.57. The van der Waals surface area contributed by atoms with Crippen molar-refractivity contribution >= 4 is 21.8 Å². The van der Waals surface area contributed by atoms with Crippen LogP contribution >= 0.6 is 0 Å². The normalized spacial score (nSPS) is 18.0. The molecular formula is C32H36F3N3O5S. The number of amides is 2. The molecule has 0 radical (unpaired) electrons. The molecule has 8 nitrogen and oxygen atoms in total. The Morgan fingerprint density at radius 1 is 0.932 bits per heavy atom. The highest BCUT2D eigenvalue weighted by atomic mass is 32.2. The Morgan fingerprint density at radius 3 is 2.11 bits per heavy atom.